The van der Waals surface area contributed by atoms with E-state index in [1.54, 1.807) is 0 Å². The number of piperidine rings is 1. The molecule has 6 nitrogen and oxygen atoms in total. The molecule has 5 rings (SSSR count). The van der Waals surface area contributed by atoms with E-state index in [2.05, 4.69) is 58.3 Å². The number of aromatic nitrogens is 2. The predicted molar refractivity (Wildman–Crippen MR) is 130 cm³/mol. The molecule has 0 amide bonds. The quantitative estimate of drug-likeness (QED) is 0.439. The van der Waals surface area contributed by atoms with Gasteiger partial charge in [-0.3, -0.25) is 9.88 Å². The smallest absolute Gasteiger partial charge is 0.175 e. The summed E-state index contributed by atoms with van der Waals surface area (Å²) in [6.45, 7) is 4.86. The summed E-state index contributed by atoms with van der Waals surface area (Å²) in [5.41, 5.74) is 4.28. The zero-order valence-corrected chi connectivity index (χ0v) is 20.0. The summed E-state index contributed by atoms with van der Waals surface area (Å²) in [5, 5.41) is 5.65. The van der Waals surface area contributed by atoms with E-state index in [1.807, 2.05) is 12.3 Å². The molecular weight excluding hydrogens is 412 g/mol. The van der Waals surface area contributed by atoms with Crippen molar-refractivity contribution in [1.29, 1.82) is 0 Å². The second-order valence-electron chi connectivity index (χ2n) is 10.1. The number of fused-ring (bicyclic) bond motifs is 1. The van der Waals surface area contributed by atoms with Crippen molar-refractivity contribution in [1.82, 2.24) is 19.9 Å². The lowest BCUT2D eigenvalue weighted by molar-refractivity contribution is 0.170. The van der Waals surface area contributed by atoms with Crippen LogP contribution in [0.1, 0.15) is 49.1 Å². The Hall–Kier alpha value is -2.44. The number of nitrogens with zero attached hydrogens (tertiary/aromatic N) is 4. The first kappa shape index (κ1) is 22.4. The van der Waals surface area contributed by atoms with Gasteiger partial charge < -0.3 is 14.2 Å². The molecule has 0 spiro atoms. The van der Waals surface area contributed by atoms with Crippen molar-refractivity contribution in [2.24, 2.45) is 11.8 Å². The summed E-state index contributed by atoms with van der Waals surface area (Å²) < 4.78 is 12.1. The Bertz CT molecular complexity index is 1040. The van der Waals surface area contributed by atoms with Gasteiger partial charge in [-0.2, -0.15) is 0 Å². The fourth-order valence-corrected chi connectivity index (χ4v) is 4.86. The number of benzene rings is 1. The largest absolute Gasteiger partial charge is 0.493 e. The summed E-state index contributed by atoms with van der Waals surface area (Å²) in [6, 6.07) is 10.4. The Morgan fingerprint density at radius 2 is 1.91 bits per heavy atom. The highest BCUT2D eigenvalue weighted by Crippen LogP contribution is 2.35. The minimum Gasteiger partial charge on any atom is -0.493 e. The third-order valence-electron chi connectivity index (χ3n) is 7.03. The second kappa shape index (κ2) is 10.2. The average Bonchev–Trinajstić information content (AvgIpc) is 3.56. The highest BCUT2D eigenvalue weighted by molar-refractivity contribution is 5.84. The molecule has 6 heteroatoms. The van der Waals surface area contributed by atoms with Crippen molar-refractivity contribution in [3.05, 3.63) is 53.5 Å². The average molecular weight is 449 g/mol. The first-order valence-electron chi connectivity index (χ1n) is 12.5. The van der Waals surface area contributed by atoms with E-state index in [9.17, 15) is 0 Å². The molecule has 3 aromatic rings. The van der Waals surface area contributed by atoms with Crippen LogP contribution in [0.3, 0.4) is 0 Å². The van der Waals surface area contributed by atoms with Crippen LogP contribution in [0.2, 0.25) is 0 Å². The van der Waals surface area contributed by atoms with Crippen molar-refractivity contribution in [2.75, 3.05) is 33.8 Å². The lowest BCUT2D eigenvalue weighted by Crippen LogP contribution is -2.33. The van der Waals surface area contributed by atoms with Gasteiger partial charge in [-0.1, -0.05) is 11.2 Å². The molecule has 2 aromatic heterocycles. The number of ether oxygens (including phenoxy) is 1. The van der Waals surface area contributed by atoms with Gasteiger partial charge in [0.05, 0.1) is 23.6 Å². The third-order valence-corrected chi connectivity index (χ3v) is 7.03. The zero-order valence-electron chi connectivity index (χ0n) is 20.0. The van der Waals surface area contributed by atoms with Crippen LogP contribution in [-0.2, 0) is 19.5 Å². The first-order valence-corrected chi connectivity index (χ1v) is 12.5. The standard InChI is InChI=1S/C27H36N4O2/c1-30(2)18-24-26(32-19-21-6-7-21)11-9-23-25(29-33-27(23)24)10-8-20-12-15-31(16-13-20)17-22-5-3-4-14-28-22/h3-5,9,11,14,20-21H,6-8,10,12-13,15-19H2,1-2H3. The van der Waals surface area contributed by atoms with Crippen LogP contribution in [0.5, 0.6) is 5.75 Å². The summed E-state index contributed by atoms with van der Waals surface area (Å²) in [5.74, 6) is 2.43. The van der Waals surface area contributed by atoms with Crippen LogP contribution >= 0.6 is 0 Å². The van der Waals surface area contributed by atoms with Gasteiger partial charge in [0.15, 0.2) is 5.58 Å². The van der Waals surface area contributed by atoms with E-state index in [4.69, 9.17) is 9.26 Å². The Kier molecular flexibility index (Phi) is 6.93. The van der Waals surface area contributed by atoms with Crippen molar-refractivity contribution >= 4 is 11.0 Å². The SMILES string of the molecule is CN(C)Cc1c(OCC2CC2)ccc2c(CCC3CCN(Cc4ccccn4)CC3)noc12. The molecule has 1 aliphatic carbocycles. The molecule has 1 aliphatic heterocycles. The maximum atomic E-state index is 6.16. The molecule has 2 aliphatic rings. The van der Waals surface area contributed by atoms with Crippen LogP contribution in [0.4, 0.5) is 0 Å². The van der Waals surface area contributed by atoms with Crippen LogP contribution in [0.15, 0.2) is 41.1 Å². The normalized spacial score (nSPS) is 17.8. The molecule has 33 heavy (non-hydrogen) atoms. The highest BCUT2D eigenvalue weighted by atomic mass is 16.5. The number of aryl methyl sites for hydroxylation is 1. The van der Waals surface area contributed by atoms with Gasteiger partial charge >= 0.3 is 0 Å². The van der Waals surface area contributed by atoms with Crippen molar-refractivity contribution in [2.45, 2.75) is 51.6 Å². The number of hydrogen-bond donors (Lipinski definition) is 0. The topological polar surface area (TPSA) is 54.6 Å². The lowest BCUT2D eigenvalue weighted by atomic mass is 9.91. The van der Waals surface area contributed by atoms with E-state index in [-0.39, 0.29) is 0 Å². The first-order chi connectivity index (χ1) is 16.2. The van der Waals surface area contributed by atoms with E-state index < -0.39 is 0 Å². The number of rotatable bonds is 10. The molecule has 3 heterocycles. The number of pyridine rings is 1. The summed E-state index contributed by atoms with van der Waals surface area (Å²) in [4.78, 5) is 9.17. The molecule has 0 atom stereocenters. The van der Waals surface area contributed by atoms with E-state index >= 15 is 0 Å². The van der Waals surface area contributed by atoms with Gasteiger partial charge in [0.25, 0.3) is 0 Å². The van der Waals surface area contributed by atoms with Crippen LogP contribution in [0.25, 0.3) is 11.0 Å². The maximum absolute atomic E-state index is 6.16. The maximum Gasteiger partial charge on any atom is 0.175 e. The molecule has 0 bridgehead atoms. The predicted octanol–water partition coefficient (Wildman–Crippen LogP) is 4.92. The molecule has 1 saturated carbocycles. The van der Waals surface area contributed by atoms with E-state index in [0.717, 1.165) is 79.0 Å². The molecule has 1 saturated heterocycles. The molecule has 0 unspecified atom stereocenters. The van der Waals surface area contributed by atoms with Crippen LogP contribution in [0, 0.1) is 11.8 Å². The molecule has 176 valence electrons. The lowest BCUT2D eigenvalue weighted by Gasteiger charge is -2.31. The van der Waals surface area contributed by atoms with Gasteiger partial charge in [-0.25, -0.2) is 0 Å². The van der Waals surface area contributed by atoms with Gasteiger partial charge in [0.2, 0.25) is 0 Å². The van der Waals surface area contributed by atoms with Crippen molar-refractivity contribution < 1.29 is 9.26 Å². The molecular formula is C27H36N4O2. The monoisotopic (exact) mass is 448 g/mol. The fraction of sp³-hybridized carbons (Fsp3) is 0.556. The van der Waals surface area contributed by atoms with Crippen molar-refractivity contribution in [3.8, 4) is 5.75 Å². The zero-order chi connectivity index (χ0) is 22.6. The fourth-order valence-electron chi connectivity index (χ4n) is 4.86. The molecule has 0 radical (unpaired) electrons. The van der Waals surface area contributed by atoms with Crippen LogP contribution in [-0.4, -0.2) is 53.7 Å². The minimum absolute atomic E-state index is 0.730. The third kappa shape index (κ3) is 5.74. The van der Waals surface area contributed by atoms with E-state index in [0.29, 0.717) is 0 Å². The Balaban J connectivity index is 1.19. The van der Waals surface area contributed by atoms with Crippen LogP contribution < -0.4 is 4.74 Å². The van der Waals surface area contributed by atoms with E-state index in [1.165, 1.54) is 37.8 Å². The highest BCUT2D eigenvalue weighted by Gasteiger charge is 2.24. The Labute approximate surface area is 196 Å². The summed E-state index contributed by atoms with van der Waals surface area (Å²) in [6.07, 6.45) is 9.10. The Morgan fingerprint density at radius 1 is 1.06 bits per heavy atom. The van der Waals surface area contributed by atoms with Gasteiger partial charge in [0, 0.05) is 24.7 Å². The number of likely N-dealkylation sites (tertiary alicyclic amines) is 1. The van der Waals surface area contributed by atoms with Crippen molar-refractivity contribution in [3.63, 3.8) is 0 Å². The number of hydrogen-bond acceptors (Lipinski definition) is 6. The van der Waals surface area contributed by atoms with Gasteiger partial charge in [-0.15, -0.1) is 0 Å². The summed E-state index contributed by atoms with van der Waals surface area (Å²) in [7, 11) is 4.17. The molecule has 0 N–H and O–H groups in total. The van der Waals surface area contributed by atoms with Gasteiger partial charge in [0.1, 0.15) is 5.75 Å². The van der Waals surface area contributed by atoms with Gasteiger partial charge in [-0.05, 0) is 102 Å². The molecule has 1 aromatic carbocycles. The minimum atomic E-state index is 0.730. The molecule has 2 fully saturated rings. The Morgan fingerprint density at radius 3 is 2.64 bits per heavy atom. The summed E-state index contributed by atoms with van der Waals surface area (Å²) >= 11 is 0. The second-order valence-corrected chi connectivity index (χ2v) is 10.1.